The van der Waals surface area contributed by atoms with Crippen molar-refractivity contribution in [1.29, 1.82) is 0 Å². The van der Waals surface area contributed by atoms with E-state index in [0.29, 0.717) is 22.5 Å². The van der Waals surface area contributed by atoms with Crippen LogP contribution in [0.15, 0.2) is 112 Å². The van der Waals surface area contributed by atoms with E-state index in [0.717, 1.165) is 21.0 Å². The Kier molecular flexibility index (Phi) is 11.2. The van der Waals surface area contributed by atoms with Crippen molar-refractivity contribution in [2.45, 2.75) is 37.8 Å². The van der Waals surface area contributed by atoms with Gasteiger partial charge in [-0.2, -0.15) is 0 Å². The molecule has 44 heavy (non-hydrogen) atoms. The number of carbonyl (C=O) groups is 2. The van der Waals surface area contributed by atoms with Gasteiger partial charge in [0.2, 0.25) is 11.8 Å². The minimum absolute atomic E-state index is 0.0554. The maximum atomic E-state index is 14.4. The summed E-state index contributed by atoms with van der Waals surface area (Å²) in [5.74, 6) is -0.260. The molecule has 4 aromatic carbocycles. The van der Waals surface area contributed by atoms with Crippen LogP contribution in [0.2, 0.25) is 0 Å². The number of hydrogen-bond donors (Lipinski definition) is 1. The van der Waals surface area contributed by atoms with Gasteiger partial charge in [-0.05, 0) is 67.4 Å². The van der Waals surface area contributed by atoms with E-state index in [1.54, 1.807) is 55.6 Å². The van der Waals surface area contributed by atoms with Crippen molar-refractivity contribution < 1.29 is 22.7 Å². The van der Waals surface area contributed by atoms with Crippen LogP contribution in [0.3, 0.4) is 0 Å². The molecule has 0 spiro atoms. The molecule has 0 aliphatic rings. The summed E-state index contributed by atoms with van der Waals surface area (Å²) in [6.45, 7) is 3.59. The second-order valence-corrected chi connectivity index (χ2v) is 13.1. The summed E-state index contributed by atoms with van der Waals surface area (Å²) in [6, 6.07) is 29.0. The number of rotatable bonds is 13. The molecule has 1 atom stereocenters. The third-order valence-corrected chi connectivity index (χ3v) is 9.37. The van der Waals surface area contributed by atoms with Crippen molar-refractivity contribution in [2.75, 3.05) is 24.5 Å². The lowest BCUT2D eigenvalue weighted by Crippen LogP contribution is -2.53. The fourth-order valence-corrected chi connectivity index (χ4v) is 6.60. The molecule has 0 bridgehead atoms. The summed E-state index contributed by atoms with van der Waals surface area (Å²) in [4.78, 5) is 29.5. The number of aryl methyl sites for hydroxylation is 1. The van der Waals surface area contributed by atoms with E-state index >= 15 is 0 Å². The second kappa shape index (κ2) is 15.0. The molecule has 8 nitrogen and oxygen atoms in total. The molecule has 2 amide bonds. The van der Waals surface area contributed by atoms with Crippen molar-refractivity contribution in [3.8, 4) is 5.75 Å². The van der Waals surface area contributed by atoms with Gasteiger partial charge in [0.15, 0.2) is 0 Å². The molecule has 0 heterocycles. The van der Waals surface area contributed by atoms with E-state index in [9.17, 15) is 18.0 Å². The fraction of sp³-hybridized carbons (Fsp3) is 0.235. The Morgan fingerprint density at radius 2 is 1.57 bits per heavy atom. The number of halogens is 1. The van der Waals surface area contributed by atoms with Gasteiger partial charge in [-0.15, -0.1) is 0 Å². The zero-order chi connectivity index (χ0) is 31.7. The Balaban J connectivity index is 1.80. The molecule has 0 aliphatic carbocycles. The third kappa shape index (κ3) is 8.27. The predicted octanol–water partition coefficient (Wildman–Crippen LogP) is 5.74. The number of amides is 2. The van der Waals surface area contributed by atoms with Crippen LogP contribution in [-0.4, -0.2) is 51.4 Å². The van der Waals surface area contributed by atoms with Crippen LogP contribution in [0.5, 0.6) is 5.75 Å². The monoisotopic (exact) mass is 677 g/mol. The normalized spacial score (nSPS) is 11.8. The van der Waals surface area contributed by atoms with Gasteiger partial charge in [0.1, 0.15) is 18.3 Å². The van der Waals surface area contributed by atoms with Crippen LogP contribution < -0.4 is 14.4 Å². The largest absolute Gasteiger partial charge is 0.497 e. The minimum atomic E-state index is -4.17. The van der Waals surface area contributed by atoms with Crippen LogP contribution >= 0.6 is 15.9 Å². The molecular weight excluding hydrogens is 642 g/mol. The van der Waals surface area contributed by atoms with Crippen LogP contribution in [-0.2, 0) is 32.6 Å². The average Bonchev–Trinajstić information content (AvgIpc) is 3.02. The molecule has 10 heteroatoms. The van der Waals surface area contributed by atoms with Gasteiger partial charge in [-0.25, -0.2) is 8.42 Å². The van der Waals surface area contributed by atoms with Gasteiger partial charge >= 0.3 is 0 Å². The Morgan fingerprint density at radius 3 is 2.23 bits per heavy atom. The highest BCUT2D eigenvalue weighted by Gasteiger charge is 2.34. The SMILES string of the molecule is CCNC(=O)[C@H](Cc1ccccc1)N(Cc1cccc(OC)c1)C(=O)CN(c1cccc(Br)c1)S(=O)(=O)c1ccc(C)cc1. The van der Waals surface area contributed by atoms with E-state index in [2.05, 4.69) is 21.2 Å². The van der Waals surface area contributed by atoms with Gasteiger partial charge in [0.25, 0.3) is 10.0 Å². The number of likely N-dealkylation sites (N-methyl/N-ethyl adjacent to an activating group) is 1. The highest BCUT2D eigenvalue weighted by Crippen LogP contribution is 2.28. The number of hydrogen-bond acceptors (Lipinski definition) is 5. The first kappa shape index (κ1) is 32.8. The minimum Gasteiger partial charge on any atom is -0.497 e. The maximum Gasteiger partial charge on any atom is 0.264 e. The van der Waals surface area contributed by atoms with Crippen molar-refractivity contribution in [3.63, 3.8) is 0 Å². The van der Waals surface area contributed by atoms with Crippen molar-refractivity contribution in [3.05, 3.63) is 124 Å². The zero-order valence-electron chi connectivity index (χ0n) is 24.9. The quantitative estimate of drug-likeness (QED) is 0.195. The molecule has 230 valence electrons. The molecule has 4 aromatic rings. The number of anilines is 1. The van der Waals surface area contributed by atoms with Gasteiger partial charge in [0.05, 0.1) is 17.7 Å². The van der Waals surface area contributed by atoms with Gasteiger partial charge in [-0.3, -0.25) is 13.9 Å². The van der Waals surface area contributed by atoms with E-state index in [4.69, 9.17) is 4.74 Å². The summed E-state index contributed by atoms with van der Waals surface area (Å²) < 4.78 is 35.3. The molecule has 0 saturated heterocycles. The lowest BCUT2D eigenvalue weighted by Gasteiger charge is -2.34. The highest BCUT2D eigenvalue weighted by molar-refractivity contribution is 9.10. The number of sulfonamides is 1. The van der Waals surface area contributed by atoms with Crippen molar-refractivity contribution in [2.24, 2.45) is 0 Å². The Labute approximate surface area is 267 Å². The third-order valence-electron chi connectivity index (χ3n) is 7.09. The molecule has 1 N–H and O–H groups in total. The molecule has 0 saturated carbocycles. The molecule has 0 fully saturated rings. The molecule has 4 rings (SSSR count). The van der Waals surface area contributed by atoms with Gasteiger partial charge in [-0.1, -0.05) is 82.2 Å². The first-order chi connectivity index (χ1) is 21.1. The predicted molar refractivity (Wildman–Crippen MR) is 176 cm³/mol. The molecule has 0 unspecified atom stereocenters. The summed E-state index contributed by atoms with van der Waals surface area (Å²) in [6.07, 6.45) is 0.240. The highest BCUT2D eigenvalue weighted by atomic mass is 79.9. The Hall–Kier alpha value is -4.15. The van der Waals surface area contributed by atoms with Crippen molar-refractivity contribution >= 4 is 43.5 Å². The number of carbonyl (C=O) groups excluding carboxylic acids is 2. The lowest BCUT2D eigenvalue weighted by molar-refractivity contribution is -0.140. The van der Waals surface area contributed by atoms with Crippen LogP contribution in [0.25, 0.3) is 0 Å². The van der Waals surface area contributed by atoms with Gasteiger partial charge < -0.3 is 15.0 Å². The zero-order valence-corrected chi connectivity index (χ0v) is 27.3. The summed E-state index contributed by atoms with van der Waals surface area (Å²) in [5, 5.41) is 2.87. The van der Waals surface area contributed by atoms with E-state index in [-0.39, 0.29) is 23.8 Å². The molecule has 0 radical (unpaired) electrons. The summed E-state index contributed by atoms with van der Waals surface area (Å²) >= 11 is 3.43. The van der Waals surface area contributed by atoms with E-state index < -0.39 is 28.5 Å². The van der Waals surface area contributed by atoms with Crippen LogP contribution in [0.1, 0.15) is 23.6 Å². The average molecular weight is 679 g/mol. The fourth-order valence-electron chi connectivity index (χ4n) is 4.81. The molecule has 0 aromatic heterocycles. The molecule has 0 aliphatic heterocycles. The maximum absolute atomic E-state index is 14.4. The summed E-state index contributed by atoms with van der Waals surface area (Å²) in [7, 11) is -2.61. The smallest absolute Gasteiger partial charge is 0.264 e. The topological polar surface area (TPSA) is 96.0 Å². The molecular formula is C34H36BrN3O5S. The van der Waals surface area contributed by atoms with E-state index in [1.807, 2.05) is 56.3 Å². The number of nitrogens with zero attached hydrogens (tertiary/aromatic N) is 2. The van der Waals surface area contributed by atoms with E-state index in [1.165, 1.54) is 17.0 Å². The standard InChI is InChI=1S/C34H36BrN3O5S/c1-4-36-34(40)32(21-26-10-6-5-7-11-26)37(23-27-12-8-15-30(20-27)43-3)33(39)24-38(29-14-9-13-28(35)22-29)44(41,42)31-18-16-25(2)17-19-31/h5-20,22,32H,4,21,23-24H2,1-3H3,(H,36,40)/t32-/m0/s1. The number of methoxy groups -OCH3 is 1. The number of nitrogens with one attached hydrogen (secondary N) is 1. The number of ether oxygens (including phenoxy) is 1. The van der Waals surface area contributed by atoms with Crippen molar-refractivity contribution in [1.82, 2.24) is 10.2 Å². The Morgan fingerprint density at radius 1 is 0.886 bits per heavy atom. The summed E-state index contributed by atoms with van der Waals surface area (Å²) in [5.41, 5.74) is 2.82. The van der Waals surface area contributed by atoms with Gasteiger partial charge in [0, 0.05) is 24.0 Å². The van der Waals surface area contributed by atoms with Crippen LogP contribution in [0, 0.1) is 6.92 Å². The second-order valence-electron chi connectivity index (χ2n) is 10.3. The van der Waals surface area contributed by atoms with Crippen LogP contribution in [0.4, 0.5) is 5.69 Å². The lowest BCUT2D eigenvalue weighted by atomic mass is 10.0. The first-order valence-electron chi connectivity index (χ1n) is 14.2. The Bertz CT molecular complexity index is 1680. The number of benzene rings is 4. The first-order valence-corrected chi connectivity index (χ1v) is 16.4.